The fraction of sp³-hybridized carbons (Fsp3) is 0.381. The number of likely N-dealkylation sites (N-methyl/N-ethyl adjacent to an activating group) is 1. The summed E-state index contributed by atoms with van der Waals surface area (Å²) in [7, 11) is 2.17. The van der Waals surface area contributed by atoms with Gasteiger partial charge in [0.25, 0.3) is 0 Å². The van der Waals surface area contributed by atoms with Gasteiger partial charge in [0, 0.05) is 37.7 Å². The maximum Gasteiger partial charge on any atom is 0.173 e. The molecule has 0 amide bonds. The Kier molecular flexibility index (Phi) is 6.00. The van der Waals surface area contributed by atoms with E-state index < -0.39 is 0 Å². The first-order valence-corrected chi connectivity index (χ1v) is 10.1. The fourth-order valence-corrected chi connectivity index (χ4v) is 3.82. The number of tetrazole rings is 1. The van der Waals surface area contributed by atoms with Gasteiger partial charge in [0.05, 0.1) is 6.04 Å². The smallest absolute Gasteiger partial charge is 0.173 e. The van der Waals surface area contributed by atoms with Crippen molar-refractivity contribution >= 4 is 11.6 Å². The molecular formula is C21H25ClN6. The zero-order chi connectivity index (χ0) is 19.3. The minimum atomic E-state index is 0.0248. The number of hydrogen-bond donors (Lipinski definition) is 0. The highest BCUT2D eigenvalue weighted by Crippen LogP contribution is 2.29. The highest BCUT2D eigenvalue weighted by molar-refractivity contribution is 6.30. The molecule has 0 N–H and O–H groups in total. The Morgan fingerprint density at radius 1 is 0.964 bits per heavy atom. The second-order valence-corrected chi connectivity index (χ2v) is 7.73. The van der Waals surface area contributed by atoms with Gasteiger partial charge in [-0.15, -0.1) is 5.10 Å². The summed E-state index contributed by atoms with van der Waals surface area (Å²) in [6.45, 7) is 4.79. The minimum absolute atomic E-state index is 0.0248. The Balaban J connectivity index is 1.61. The zero-order valence-electron chi connectivity index (χ0n) is 16.1. The Morgan fingerprint density at radius 2 is 1.68 bits per heavy atom. The van der Waals surface area contributed by atoms with Crippen LogP contribution in [0.2, 0.25) is 5.02 Å². The van der Waals surface area contributed by atoms with E-state index in [9.17, 15) is 0 Å². The highest BCUT2D eigenvalue weighted by atomic mass is 35.5. The summed E-state index contributed by atoms with van der Waals surface area (Å²) >= 11 is 6.13. The van der Waals surface area contributed by atoms with E-state index in [1.807, 2.05) is 22.9 Å². The second kappa shape index (κ2) is 8.82. The number of halogens is 1. The Bertz CT molecular complexity index is 871. The molecule has 1 atom stereocenters. The number of hydrogen-bond acceptors (Lipinski definition) is 5. The van der Waals surface area contributed by atoms with E-state index in [-0.39, 0.29) is 6.04 Å². The SMILES string of the molecule is CN1CCN(C(c2ccc(Cl)cc2)c2nnnn2CCc2ccccc2)CC1. The molecule has 0 spiro atoms. The van der Waals surface area contributed by atoms with Crippen LogP contribution in [0, 0.1) is 0 Å². The van der Waals surface area contributed by atoms with E-state index in [4.69, 9.17) is 11.6 Å². The van der Waals surface area contributed by atoms with E-state index in [1.54, 1.807) is 0 Å². The lowest BCUT2D eigenvalue weighted by Gasteiger charge is -2.37. The highest BCUT2D eigenvalue weighted by Gasteiger charge is 2.29. The number of aromatic nitrogens is 4. The van der Waals surface area contributed by atoms with E-state index in [1.165, 1.54) is 11.1 Å². The molecule has 1 unspecified atom stereocenters. The predicted molar refractivity (Wildman–Crippen MR) is 110 cm³/mol. The van der Waals surface area contributed by atoms with Crippen molar-refractivity contribution in [3.63, 3.8) is 0 Å². The van der Waals surface area contributed by atoms with Crippen molar-refractivity contribution < 1.29 is 0 Å². The molecule has 4 rings (SSSR count). The van der Waals surface area contributed by atoms with Crippen molar-refractivity contribution in [3.05, 3.63) is 76.6 Å². The normalized spacial score (nSPS) is 16.9. The maximum atomic E-state index is 6.13. The Morgan fingerprint density at radius 3 is 2.39 bits per heavy atom. The first kappa shape index (κ1) is 19.1. The van der Waals surface area contributed by atoms with Gasteiger partial charge >= 0.3 is 0 Å². The van der Waals surface area contributed by atoms with Gasteiger partial charge in [-0.05, 0) is 47.2 Å². The molecule has 2 aromatic carbocycles. The molecule has 1 aliphatic heterocycles. The third-order valence-electron chi connectivity index (χ3n) is 5.35. The van der Waals surface area contributed by atoms with Crippen LogP contribution in [0.25, 0.3) is 0 Å². The molecule has 0 bridgehead atoms. The zero-order valence-corrected chi connectivity index (χ0v) is 16.8. The van der Waals surface area contributed by atoms with Gasteiger partial charge in [-0.2, -0.15) is 0 Å². The van der Waals surface area contributed by atoms with Crippen LogP contribution in [0.3, 0.4) is 0 Å². The van der Waals surface area contributed by atoms with Gasteiger partial charge in [0.2, 0.25) is 0 Å². The Labute approximate surface area is 170 Å². The average Bonchev–Trinajstić information content (AvgIpc) is 3.18. The van der Waals surface area contributed by atoms with Gasteiger partial charge in [-0.25, -0.2) is 4.68 Å². The molecule has 1 aliphatic rings. The average molecular weight is 397 g/mol. The second-order valence-electron chi connectivity index (χ2n) is 7.29. The van der Waals surface area contributed by atoms with E-state index in [0.29, 0.717) is 0 Å². The summed E-state index contributed by atoms with van der Waals surface area (Å²) in [5.41, 5.74) is 2.45. The summed E-state index contributed by atoms with van der Waals surface area (Å²) in [5.74, 6) is 0.891. The van der Waals surface area contributed by atoms with Crippen LogP contribution in [0.5, 0.6) is 0 Å². The van der Waals surface area contributed by atoms with Crippen molar-refractivity contribution in [2.45, 2.75) is 19.0 Å². The topological polar surface area (TPSA) is 50.1 Å². The van der Waals surface area contributed by atoms with Crippen LogP contribution < -0.4 is 0 Å². The standard InChI is InChI=1S/C21H25ClN6/c1-26-13-15-27(16-14-26)20(18-7-9-19(22)10-8-18)21-23-24-25-28(21)12-11-17-5-3-2-4-6-17/h2-10,20H,11-16H2,1H3. The van der Waals surface area contributed by atoms with Crippen molar-refractivity contribution in [3.8, 4) is 0 Å². The number of rotatable bonds is 6. The number of nitrogens with zero attached hydrogens (tertiary/aromatic N) is 6. The lowest BCUT2D eigenvalue weighted by Crippen LogP contribution is -2.46. The molecule has 0 aliphatic carbocycles. The largest absolute Gasteiger partial charge is 0.304 e. The molecule has 7 heteroatoms. The minimum Gasteiger partial charge on any atom is -0.304 e. The summed E-state index contributed by atoms with van der Waals surface area (Å²) in [6.07, 6.45) is 0.898. The van der Waals surface area contributed by atoms with Crippen LogP contribution in [0.1, 0.15) is 23.0 Å². The lowest BCUT2D eigenvalue weighted by molar-refractivity contribution is 0.121. The predicted octanol–water partition coefficient (Wildman–Crippen LogP) is 2.91. The van der Waals surface area contributed by atoms with Crippen molar-refractivity contribution in [1.82, 2.24) is 30.0 Å². The van der Waals surface area contributed by atoms with Crippen molar-refractivity contribution in [1.29, 1.82) is 0 Å². The van der Waals surface area contributed by atoms with Gasteiger partial charge < -0.3 is 4.90 Å². The Hall–Kier alpha value is -2.28. The van der Waals surface area contributed by atoms with Gasteiger partial charge in [-0.1, -0.05) is 54.1 Å². The first-order valence-electron chi connectivity index (χ1n) is 9.69. The third kappa shape index (κ3) is 4.41. The summed E-state index contributed by atoms with van der Waals surface area (Å²) < 4.78 is 1.95. The maximum absolute atomic E-state index is 6.13. The molecule has 1 aromatic heterocycles. The van der Waals surface area contributed by atoms with Gasteiger partial charge in [0.15, 0.2) is 5.82 Å². The van der Waals surface area contributed by atoms with Gasteiger partial charge in [-0.3, -0.25) is 4.90 Å². The van der Waals surface area contributed by atoms with Gasteiger partial charge in [0.1, 0.15) is 0 Å². The molecule has 28 heavy (non-hydrogen) atoms. The molecule has 1 fully saturated rings. The molecule has 146 valence electrons. The van der Waals surface area contributed by atoms with Crippen LogP contribution in [-0.4, -0.2) is 63.2 Å². The van der Waals surface area contributed by atoms with Crippen LogP contribution in [0.15, 0.2) is 54.6 Å². The summed E-state index contributed by atoms with van der Waals surface area (Å²) in [6, 6.07) is 18.5. The summed E-state index contributed by atoms with van der Waals surface area (Å²) in [5, 5.41) is 13.5. The molecule has 6 nitrogen and oxygen atoms in total. The lowest BCUT2D eigenvalue weighted by atomic mass is 10.0. The quantitative estimate of drug-likeness (QED) is 0.641. The molecular weight excluding hydrogens is 372 g/mol. The fourth-order valence-electron chi connectivity index (χ4n) is 3.69. The molecule has 3 aromatic rings. The molecule has 0 radical (unpaired) electrons. The van der Waals surface area contributed by atoms with Crippen molar-refractivity contribution in [2.24, 2.45) is 0 Å². The van der Waals surface area contributed by atoms with Crippen LogP contribution in [-0.2, 0) is 13.0 Å². The third-order valence-corrected chi connectivity index (χ3v) is 5.60. The molecule has 0 saturated carbocycles. The monoisotopic (exact) mass is 396 g/mol. The van der Waals surface area contributed by atoms with Crippen molar-refractivity contribution in [2.75, 3.05) is 33.2 Å². The van der Waals surface area contributed by atoms with Crippen LogP contribution in [0.4, 0.5) is 0 Å². The molecule has 1 saturated heterocycles. The number of aryl methyl sites for hydroxylation is 2. The number of piperazine rings is 1. The summed E-state index contributed by atoms with van der Waals surface area (Å²) in [4.78, 5) is 4.82. The van der Waals surface area contributed by atoms with E-state index in [2.05, 4.69) is 68.8 Å². The van der Waals surface area contributed by atoms with E-state index >= 15 is 0 Å². The van der Waals surface area contributed by atoms with E-state index in [0.717, 1.165) is 50.0 Å². The number of benzene rings is 2. The first-order chi connectivity index (χ1) is 13.7. The van der Waals surface area contributed by atoms with Crippen LogP contribution >= 0.6 is 11.6 Å². The molecule has 2 heterocycles.